The van der Waals surface area contributed by atoms with Crippen LogP contribution >= 0.6 is 24.8 Å². The van der Waals surface area contributed by atoms with Gasteiger partial charge in [-0.3, -0.25) is 9.62 Å². The lowest BCUT2D eigenvalue weighted by atomic mass is 10.1. The molecule has 9 heteroatoms. The second-order valence-electron chi connectivity index (χ2n) is 7.71. The average molecular weight is 498 g/mol. The minimum atomic E-state index is -3.72. The molecule has 4 rings (SSSR count). The maximum atomic E-state index is 13.2. The van der Waals surface area contributed by atoms with Gasteiger partial charge in [0, 0.05) is 55.9 Å². The van der Waals surface area contributed by atoms with Crippen molar-refractivity contribution < 1.29 is 13.2 Å². The summed E-state index contributed by atoms with van der Waals surface area (Å²) in [5.41, 5.74) is 2.69. The summed E-state index contributed by atoms with van der Waals surface area (Å²) in [6.07, 6.45) is 0. The maximum absolute atomic E-state index is 13.2. The van der Waals surface area contributed by atoms with Gasteiger partial charge in [0.1, 0.15) is 0 Å². The van der Waals surface area contributed by atoms with Crippen molar-refractivity contribution in [3.8, 4) is 0 Å². The summed E-state index contributed by atoms with van der Waals surface area (Å²) in [4.78, 5) is 4.60. The number of anilines is 2. The Hall–Kier alpha value is -2.03. The number of nitrogens with zero attached hydrogens (tertiary/aromatic N) is 2. The molecule has 32 heavy (non-hydrogen) atoms. The van der Waals surface area contributed by atoms with E-state index in [9.17, 15) is 8.42 Å². The van der Waals surface area contributed by atoms with E-state index in [0.29, 0.717) is 11.1 Å². The van der Waals surface area contributed by atoms with Crippen LogP contribution in [-0.4, -0.2) is 53.7 Å². The van der Waals surface area contributed by atoms with Crippen LogP contribution in [0.15, 0.2) is 65.6 Å². The molecule has 3 aromatic rings. The van der Waals surface area contributed by atoms with E-state index >= 15 is 0 Å². The zero-order chi connectivity index (χ0) is 21.1. The lowest BCUT2D eigenvalue weighted by Gasteiger charge is -2.26. The number of hydrogen-bond acceptors (Lipinski definition) is 5. The van der Waals surface area contributed by atoms with Gasteiger partial charge in [-0.2, -0.15) is 0 Å². The van der Waals surface area contributed by atoms with Crippen molar-refractivity contribution in [1.82, 2.24) is 4.90 Å². The van der Waals surface area contributed by atoms with E-state index in [4.69, 9.17) is 4.74 Å². The Labute approximate surface area is 202 Å². The molecule has 1 saturated heterocycles. The van der Waals surface area contributed by atoms with Gasteiger partial charge in [0.25, 0.3) is 10.0 Å². The van der Waals surface area contributed by atoms with E-state index in [2.05, 4.69) is 9.62 Å². The van der Waals surface area contributed by atoms with E-state index < -0.39 is 10.0 Å². The summed E-state index contributed by atoms with van der Waals surface area (Å²) in [6, 6.07) is 18.7. The molecule has 1 fully saturated rings. The fraction of sp³-hybridized carbons (Fsp3) is 0.304. The van der Waals surface area contributed by atoms with Crippen LogP contribution in [-0.2, 0) is 21.3 Å². The number of fused-ring (bicyclic) bond motifs is 1. The van der Waals surface area contributed by atoms with Gasteiger partial charge in [-0.05, 0) is 29.8 Å². The quantitative estimate of drug-likeness (QED) is 0.547. The van der Waals surface area contributed by atoms with Crippen molar-refractivity contribution in [2.75, 3.05) is 50.0 Å². The molecule has 0 aromatic heterocycles. The predicted molar refractivity (Wildman–Crippen MR) is 136 cm³/mol. The highest BCUT2D eigenvalue weighted by Crippen LogP contribution is 2.31. The Morgan fingerprint density at radius 1 is 0.906 bits per heavy atom. The summed E-state index contributed by atoms with van der Waals surface area (Å²) in [6.45, 7) is 4.21. The lowest BCUT2D eigenvalue weighted by Crippen LogP contribution is -2.35. The third-order valence-corrected chi connectivity index (χ3v) is 6.79. The number of benzene rings is 3. The van der Waals surface area contributed by atoms with Crippen LogP contribution < -0.4 is 9.62 Å². The molecule has 1 aliphatic rings. The van der Waals surface area contributed by atoms with Crippen molar-refractivity contribution in [2.24, 2.45) is 0 Å². The second kappa shape index (κ2) is 11.2. The first-order chi connectivity index (χ1) is 14.4. The standard InChI is InChI=1S/C23H27N3O3S.2ClH/c1-25(2)22-7-3-6-21-20(22)5-4-8-23(21)30(27,28)24-19-11-9-18(10-12-19)17-26-13-15-29-16-14-26;;/h3-12,24H,13-17H2,1-2H3;2*1H. The molecule has 0 unspecified atom stereocenters. The minimum absolute atomic E-state index is 0. The summed E-state index contributed by atoms with van der Waals surface area (Å²) in [5.74, 6) is 0. The zero-order valence-electron chi connectivity index (χ0n) is 18.2. The summed E-state index contributed by atoms with van der Waals surface area (Å²) < 4.78 is 34.4. The summed E-state index contributed by atoms with van der Waals surface area (Å²) in [7, 11) is 0.184. The van der Waals surface area contributed by atoms with Crippen molar-refractivity contribution >= 4 is 57.0 Å². The molecule has 174 valence electrons. The SMILES string of the molecule is CN(C)c1cccc2c(S(=O)(=O)Nc3ccc(CN4CCOCC4)cc3)cccc12.Cl.Cl. The van der Waals surface area contributed by atoms with Gasteiger partial charge in [0.15, 0.2) is 0 Å². The van der Waals surface area contributed by atoms with Crippen LogP contribution in [0.25, 0.3) is 10.8 Å². The Morgan fingerprint density at radius 2 is 1.53 bits per heavy atom. The number of ether oxygens (including phenoxy) is 1. The number of halogens is 2. The molecule has 0 radical (unpaired) electrons. The molecular weight excluding hydrogens is 469 g/mol. The fourth-order valence-electron chi connectivity index (χ4n) is 3.79. The molecule has 0 spiro atoms. The molecule has 1 aliphatic heterocycles. The molecule has 0 saturated carbocycles. The van der Waals surface area contributed by atoms with Gasteiger partial charge >= 0.3 is 0 Å². The van der Waals surface area contributed by atoms with Gasteiger partial charge in [-0.25, -0.2) is 8.42 Å². The van der Waals surface area contributed by atoms with Gasteiger partial charge < -0.3 is 9.64 Å². The third-order valence-electron chi connectivity index (χ3n) is 5.35. The van der Waals surface area contributed by atoms with E-state index in [1.165, 1.54) is 0 Å². The first kappa shape index (κ1) is 26.2. The van der Waals surface area contributed by atoms with Crippen molar-refractivity contribution in [1.29, 1.82) is 0 Å². The van der Waals surface area contributed by atoms with Crippen LogP contribution in [0.4, 0.5) is 11.4 Å². The molecule has 0 aliphatic carbocycles. The zero-order valence-corrected chi connectivity index (χ0v) is 20.6. The molecular formula is C23H29Cl2N3O3S. The highest BCUT2D eigenvalue weighted by Gasteiger charge is 2.19. The molecule has 1 N–H and O–H groups in total. The van der Waals surface area contributed by atoms with Gasteiger partial charge in [-0.1, -0.05) is 36.4 Å². The topological polar surface area (TPSA) is 61.9 Å². The number of nitrogens with one attached hydrogen (secondary N) is 1. The number of morpholine rings is 1. The Bertz CT molecular complexity index is 1130. The lowest BCUT2D eigenvalue weighted by molar-refractivity contribution is 0.0342. The van der Waals surface area contributed by atoms with Crippen LogP contribution in [0.2, 0.25) is 0 Å². The van der Waals surface area contributed by atoms with Gasteiger partial charge in [-0.15, -0.1) is 24.8 Å². The maximum Gasteiger partial charge on any atom is 0.262 e. The number of sulfonamides is 1. The van der Waals surface area contributed by atoms with E-state index in [-0.39, 0.29) is 29.7 Å². The molecule has 1 heterocycles. The predicted octanol–water partition coefficient (Wildman–Crippen LogP) is 4.38. The Balaban J connectivity index is 0.00000181. The van der Waals surface area contributed by atoms with Gasteiger partial charge in [0.05, 0.1) is 18.1 Å². The smallest absolute Gasteiger partial charge is 0.262 e. The van der Waals surface area contributed by atoms with Crippen LogP contribution in [0.5, 0.6) is 0 Å². The monoisotopic (exact) mass is 497 g/mol. The number of rotatable bonds is 6. The molecule has 3 aromatic carbocycles. The van der Waals surface area contributed by atoms with E-state index in [1.54, 1.807) is 12.1 Å². The fourth-order valence-corrected chi connectivity index (χ4v) is 5.08. The highest BCUT2D eigenvalue weighted by atomic mass is 35.5. The van der Waals surface area contributed by atoms with Crippen molar-refractivity contribution in [3.63, 3.8) is 0 Å². The first-order valence-electron chi connectivity index (χ1n) is 10.0. The highest BCUT2D eigenvalue weighted by molar-refractivity contribution is 7.93. The van der Waals surface area contributed by atoms with Crippen LogP contribution in [0.3, 0.4) is 0 Å². The average Bonchev–Trinajstić information content (AvgIpc) is 2.74. The summed E-state index contributed by atoms with van der Waals surface area (Å²) >= 11 is 0. The Morgan fingerprint density at radius 3 is 2.19 bits per heavy atom. The van der Waals surface area contributed by atoms with E-state index in [1.807, 2.05) is 67.5 Å². The minimum Gasteiger partial charge on any atom is -0.379 e. The Kier molecular flexibility index (Phi) is 9.18. The van der Waals surface area contributed by atoms with Crippen molar-refractivity contribution in [3.05, 3.63) is 66.2 Å². The largest absolute Gasteiger partial charge is 0.379 e. The molecule has 0 atom stereocenters. The van der Waals surface area contributed by atoms with Crippen LogP contribution in [0, 0.1) is 0 Å². The summed E-state index contributed by atoms with van der Waals surface area (Å²) in [5, 5.41) is 1.62. The number of hydrogen-bond donors (Lipinski definition) is 1. The molecule has 0 bridgehead atoms. The molecule has 6 nitrogen and oxygen atoms in total. The van der Waals surface area contributed by atoms with Crippen LogP contribution in [0.1, 0.15) is 5.56 Å². The molecule has 0 amide bonds. The van der Waals surface area contributed by atoms with Crippen molar-refractivity contribution in [2.45, 2.75) is 11.4 Å². The van der Waals surface area contributed by atoms with E-state index in [0.717, 1.165) is 49.5 Å². The normalized spacial score (nSPS) is 14.3. The first-order valence-corrected chi connectivity index (χ1v) is 11.5. The third kappa shape index (κ3) is 5.85. The van der Waals surface area contributed by atoms with Gasteiger partial charge in [0.2, 0.25) is 0 Å². The second-order valence-corrected chi connectivity index (χ2v) is 9.36.